The molecule has 18 heavy (non-hydrogen) atoms. The second-order valence-corrected chi connectivity index (χ2v) is 5.07. The number of urea groups is 1. The molecule has 0 saturated carbocycles. The summed E-state index contributed by atoms with van der Waals surface area (Å²) in [6.07, 6.45) is 2.27. The minimum Gasteiger partial charge on any atom is -0.329 e. The molecular weight excluding hydrogens is 226 g/mol. The fourth-order valence-corrected chi connectivity index (χ4v) is 2.85. The van der Waals surface area contributed by atoms with Crippen molar-refractivity contribution in [3.63, 3.8) is 0 Å². The first-order valence-corrected chi connectivity index (χ1v) is 6.67. The number of nitrogens with zero attached hydrogens (tertiary/aromatic N) is 1. The van der Waals surface area contributed by atoms with Crippen molar-refractivity contribution in [1.29, 1.82) is 0 Å². The van der Waals surface area contributed by atoms with Gasteiger partial charge in [0.2, 0.25) is 0 Å². The van der Waals surface area contributed by atoms with Crippen LogP contribution in [0.4, 0.5) is 4.79 Å². The van der Waals surface area contributed by atoms with Crippen molar-refractivity contribution >= 4 is 6.03 Å². The van der Waals surface area contributed by atoms with E-state index < -0.39 is 0 Å². The van der Waals surface area contributed by atoms with Crippen LogP contribution in [0.2, 0.25) is 0 Å². The Balaban J connectivity index is 1.70. The molecule has 1 aromatic rings. The number of nitrogens with one attached hydrogen (secondary N) is 2. The second kappa shape index (κ2) is 4.98. The van der Waals surface area contributed by atoms with E-state index in [9.17, 15) is 4.79 Å². The highest BCUT2D eigenvalue weighted by Crippen LogP contribution is 2.23. The van der Waals surface area contributed by atoms with E-state index in [1.807, 2.05) is 23.1 Å². The number of hydrogen-bond donors (Lipinski definition) is 2. The topological polar surface area (TPSA) is 44.4 Å². The number of amides is 2. The Bertz CT molecular complexity index is 414. The Kier molecular flexibility index (Phi) is 3.19. The van der Waals surface area contributed by atoms with Gasteiger partial charge in [0.05, 0.1) is 6.04 Å². The van der Waals surface area contributed by atoms with E-state index in [4.69, 9.17) is 0 Å². The van der Waals surface area contributed by atoms with Crippen molar-refractivity contribution in [2.24, 2.45) is 0 Å². The van der Waals surface area contributed by atoms with Crippen LogP contribution in [0, 0.1) is 0 Å². The monoisotopic (exact) mass is 245 g/mol. The molecule has 2 saturated heterocycles. The van der Waals surface area contributed by atoms with Crippen LogP contribution in [0.15, 0.2) is 30.3 Å². The summed E-state index contributed by atoms with van der Waals surface area (Å²) < 4.78 is 0. The van der Waals surface area contributed by atoms with Gasteiger partial charge < -0.3 is 15.5 Å². The van der Waals surface area contributed by atoms with Gasteiger partial charge in [-0.2, -0.15) is 0 Å². The predicted octanol–water partition coefficient (Wildman–Crippen LogP) is 1.50. The van der Waals surface area contributed by atoms with Crippen LogP contribution in [0.5, 0.6) is 0 Å². The number of carbonyl (C=O) groups excluding carboxylic acids is 1. The van der Waals surface area contributed by atoms with E-state index in [1.165, 1.54) is 5.56 Å². The zero-order chi connectivity index (χ0) is 12.4. The molecular formula is C14H19N3O. The van der Waals surface area contributed by atoms with Gasteiger partial charge in [-0.05, 0) is 24.9 Å². The van der Waals surface area contributed by atoms with Crippen molar-refractivity contribution in [2.45, 2.75) is 24.9 Å². The van der Waals surface area contributed by atoms with Crippen LogP contribution in [0.3, 0.4) is 0 Å². The van der Waals surface area contributed by atoms with Crippen LogP contribution in [-0.2, 0) is 0 Å². The standard InChI is InChI=1S/C14H19N3O/c18-14-16-13(11-5-2-1-3-6-11)10-17(14)12-7-4-8-15-9-12/h1-3,5-6,12-13,15H,4,7-10H2,(H,16,18)/t12-,13?/m0/s1. The lowest BCUT2D eigenvalue weighted by Crippen LogP contribution is -2.47. The molecule has 4 nitrogen and oxygen atoms in total. The summed E-state index contributed by atoms with van der Waals surface area (Å²) in [6, 6.07) is 10.8. The number of carbonyl (C=O) groups is 1. The summed E-state index contributed by atoms with van der Waals surface area (Å²) in [5.74, 6) is 0. The number of hydrogen-bond acceptors (Lipinski definition) is 2. The normalized spacial score (nSPS) is 28.2. The molecule has 0 aliphatic carbocycles. The molecule has 2 amide bonds. The van der Waals surface area contributed by atoms with Gasteiger partial charge in [-0.25, -0.2) is 4.79 Å². The minimum atomic E-state index is 0.0811. The maximum atomic E-state index is 12.0. The van der Waals surface area contributed by atoms with Gasteiger partial charge >= 0.3 is 6.03 Å². The fraction of sp³-hybridized carbons (Fsp3) is 0.500. The molecule has 0 aromatic heterocycles. The van der Waals surface area contributed by atoms with Crippen LogP contribution in [-0.4, -0.2) is 36.6 Å². The third-order valence-corrected chi connectivity index (χ3v) is 3.85. The van der Waals surface area contributed by atoms with Crippen molar-refractivity contribution in [3.8, 4) is 0 Å². The van der Waals surface area contributed by atoms with Gasteiger partial charge in [0.15, 0.2) is 0 Å². The Hall–Kier alpha value is -1.55. The molecule has 2 heterocycles. The zero-order valence-electron chi connectivity index (χ0n) is 10.4. The highest BCUT2D eigenvalue weighted by molar-refractivity contribution is 5.77. The van der Waals surface area contributed by atoms with Gasteiger partial charge in [-0.15, -0.1) is 0 Å². The fourth-order valence-electron chi connectivity index (χ4n) is 2.85. The quantitative estimate of drug-likeness (QED) is 0.829. The molecule has 3 rings (SSSR count). The molecule has 96 valence electrons. The zero-order valence-corrected chi connectivity index (χ0v) is 10.4. The maximum absolute atomic E-state index is 12.0. The lowest BCUT2D eigenvalue weighted by atomic mass is 10.0. The van der Waals surface area contributed by atoms with Crippen LogP contribution in [0.25, 0.3) is 0 Å². The molecule has 0 radical (unpaired) electrons. The van der Waals surface area contributed by atoms with Gasteiger partial charge in [0, 0.05) is 19.1 Å². The SMILES string of the molecule is O=C1NC(c2ccccc2)CN1[C@H]1CCCNC1. The number of benzene rings is 1. The minimum absolute atomic E-state index is 0.0811. The molecule has 2 fully saturated rings. The molecule has 1 unspecified atom stereocenters. The Labute approximate surface area is 107 Å². The molecule has 2 aliphatic rings. The lowest BCUT2D eigenvalue weighted by Gasteiger charge is -2.30. The van der Waals surface area contributed by atoms with Crippen molar-refractivity contribution < 1.29 is 4.79 Å². The van der Waals surface area contributed by atoms with Gasteiger partial charge in [-0.1, -0.05) is 30.3 Å². The van der Waals surface area contributed by atoms with E-state index in [1.54, 1.807) is 0 Å². The molecule has 4 heteroatoms. The van der Waals surface area contributed by atoms with E-state index in [0.717, 1.165) is 32.5 Å². The highest BCUT2D eigenvalue weighted by Gasteiger charge is 2.34. The predicted molar refractivity (Wildman–Crippen MR) is 70.3 cm³/mol. The molecule has 2 aliphatic heterocycles. The molecule has 0 bridgehead atoms. The second-order valence-electron chi connectivity index (χ2n) is 5.07. The summed E-state index contributed by atoms with van der Waals surface area (Å²) in [5.41, 5.74) is 1.19. The molecule has 2 atom stereocenters. The van der Waals surface area contributed by atoms with Crippen LogP contribution in [0.1, 0.15) is 24.4 Å². The smallest absolute Gasteiger partial charge is 0.318 e. The van der Waals surface area contributed by atoms with E-state index in [0.29, 0.717) is 6.04 Å². The van der Waals surface area contributed by atoms with Gasteiger partial charge in [0.25, 0.3) is 0 Å². The van der Waals surface area contributed by atoms with Crippen molar-refractivity contribution in [1.82, 2.24) is 15.5 Å². The molecule has 0 spiro atoms. The van der Waals surface area contributed by atoms with Crippen LogP contribution >= 0.6 is 0 Å². The summed E-state index contributed by atoms with van der Waals surface area (Å²) in [7, 11) is 0. The third-order valence-electron chi connectivity index (χ3n) is 3.85. The van der Waals surface area contributed by atoms with Crippen molar-refractivity contribution in [2.75, 3.05) is 19.6 Å². The summed E-state index contributed by atoms with van der Waals surface area (Å²) in [4.78, 5) is 14.0. The highest BCUT2D eigenvalue weighted by atomic mass is 16.2. The Morgan fingerprint density at radius 1 is 1.22 bits per heavy atom. The third kappa shape index (κ3) is 2.20. The summed E-state index contributed by atoms with van der Waals surface area (Å²) in [5, 5.41) is 6.44. The summed E-state index contributed by atoms with van der Waals surface area (Å²) >= 11 is 0. The average molecular weight is 245 g/mol. The Morgan fingerprint density at radius 3 is 2.78 bits per heavy atom. The van der Waals surface area contributed by atoms with E-state index in [-0.39, 0.29) is 12.1 Å². The lowest BCUT2D eigenvalue weighted by molar-refractivity contribution is 0.184. The Morgan fingerprint density at radius 2 is 2.06 bits per heavy atom. The van der Waals surface area contributed by atoms with Gasteiger partial charge in [0.1, 0.15) is 0 Å². The maximum Gasteiger partial charge on any atom is 0.318 e. The largest absolute Gasteiger partial charge is 0.329 e. The van der Waals surface area contributed by atoms with E-state index >= 15 is 0 Å². The van der Waals surface area contributed by atoms with Crippen LogP contribution < -0.4 is 10.6 Å². The molecule has 2 N–H and O–H groups in total. The number of piperidine rings is 1. The van der Waals surface area contributed by atoms with E-state index in [2.05, 4.69) is 22.8 Å². The first-order chi connectivity index (χ1) is 8.84. The first kappa shape index (κ1) is 11.5. The first-order valence-electron chi connectivity index (χ1n) is 6.67. The molecule has 1 aromatic carbocycles. The van der Waals surface area contributed by atoms with Crippen molar-refractivity contribution in [3.05, 3.63) is 35.9 Å². The number of rotatable bonds is 2. The van der Waals surface area contributed by atoms with Gasteiger partial charge in [-0.3, -0.25) is 0 Å². The average Bonchev–Trinajstić information content (AvgIpc) is 2.83. The summed E-state index contributed by atoms with van der Waals surface area (Å²) in [6.45, 7) is 2.79.